The van der Waals surface area contributed by atoms with Crippen molar-refractivity contribution in [1.29, 1.82) is 0 Å². The lowest BCUT2D eigenvalue weighted by atomic mass is 10.1. The summed E-state index contributed by atoms with van der Waals surface area (Å²) in [5, 5.41) is 6.96. The van der Waals surface area contributed by atoms with E-state index in [0.717, 1.165) is 56.9 Å². The maximum atomic E-state index is 11.9. The molecule has 1 rings (SSSR count). The zero-order valence-corrected chi connectivity index (χ0v) is 14.4. The fourth-order valence-corrected chi connectivity index (χ4v) is 2.36. The lowest BCUT2D eigenvalue weighted by Crippen LogP contribution is -2.06. The summed E-state index contributed by atoms with van der Waals surface area (Å²) in [6.45, 7) is 1.41. The molecule has 0 atom stereocenters. The van der Waals surface area contributed by atoms with Gasteiger partial charge in [0.15, 0.2) is 0 Å². The lowest BCUT2D eigenvalue weighted by molar-refractivity contribution is 0.0492. The Hall–Kier alpha value is -2.63. The van der Waals surface area contributed by atoms with E-state index in [9.17, 15) is 4.79 Å². The highest BCUT2D eigenvalue weighted by atomic mass is 16.5. The van der Waals surface area contributed by atoms with Gasteiger partial charge in [0.1, 0.15) is 5.69 Å². The van der Waals surface area contributed by atoms with Crippen LogP contribution in [0.2, 0.25) is 0 Å². The largest absolute Gasteiger partial charge is 0.461 e. The quantitative estimate of drug-likeness (QED) is 0.165. The number of aromatic nitrogens is 1. The molecule has 0 bridgehead atoms. The van der Waals surface area contributed by atoms with Gasteiger partial charge in [0.05, 0.1) is 6.61 Å². The number of rotatable bonds is 14. The number of esters is 1. The number of unbranched alkanes of at least 4 members (excludes halogenated alkanes) is 5. The third-order valence-electron chi connectivity index (χ3n) is 3.70. The van der Waals surface area contributed by atoms with Gasteiger partial charge in [0.25, 0.3) is 0 Å². The number of aromatic amines is 1. The summed E-state index contributed by atoms with van der Waals surface area (Å²) >= 11 is 0. The van der Waals surface area contributed by atoms with E-state index in [1.807, 2.05) is 12.3 Å². The Bertz CT molecular complexity index is 601. The molecule has 1 N–H and O–H groups in total. The second-order valence-electron chi connectivity index (χ2n) is 5.69. The van der Waals surface area contributed by atoms with Gasteiger partial charge in [0, 0.05) is 29.1 Å². The Morgan fingerprint density at radius 2 is 1.64 bits per heavy atom. The summed E-state index contributed by atoms with van der Waals surface area (Å²) < 4.78 is 5.22. The molecule has 1 heterocycles. The van der Waals surface area contributed by atoms with Crippen LogP contribution in [0.1, 0.15) is 61.0 Å². The summed E-state index contributed by atoms with van der Waals surface area (Å²) in [6.07, 6.45) is 9.24. The standard InChI is InChI=1S/C16H25N7O2/c17-22-20-9-5-2-1-4-8-14-12-15(19-13-14)16(24)25-11-7-3-6-10-21-23-18/h12-13,19H,1-11H2. The van der Waals surface area contributed by atoms with Crippen molar-refractivity contribution in [2.75, 3.05) is 19.7 Å². The molecule has 1 aromatic rings. The molecule has 0 saturated carbocycles. The first kappa shape index (κ1) is 20.4. The maximum Gasteiger partial charge on any atom is 0.354 e. The van der Waals surface area contributed by atoms with Crippen molar-refractivity contribution < 1.29 is 9.53 Å². The Morgan fingerprint density at radius 3 is 2.32 bits per heavy atom. The van der Waals surface area contributed by atoms with Gasteiger partial charge in [-0.15, -0.1) is 0 Å². The van der Waals surface area contributed by atoms with E-state index in [4.69, 9.17) is 15.8 Å². The molecule has 0 spiro atoms. The molecular formula is C16H25N7O2. The number of carbonyl (C=O) groups excluding carboxylic acids is 1. The minimum Gasteiger partial charge on any atom is -0.461 e. The number of nitrogens with one attached hydrogen (secondary N) is 1. The highest BCUT2D eigenvalue weighted by molar-refractivity contribution is 5.87. The Labute approximate surface area is 147 Å². The first-order valence-electron chi connectivity index (χ1n) is 8.64. The summed E-state index contributed by atoms with van der Waals surface area (Å²) in [5.41, 5.74) is 17.9. The van der Waals surface area contributed by atoms with Crippen molar-refractivity contribution in [3.05, 3.63) is 44.4 Å². The molecular weight excluding hydrogens is 322 g/mol. The van der Waals surface area contributed by atoms with Gasteiger partial charge in [-0.25, -0.2) is 4.79 Å². The van der Waals surface area contributed by atoms with Gasteiger partial charge in [-0.1, -0.05) is 23.1 Å². The molecule has 9 heteroatoms. The summed E-state index contributed by atoms with van der Waals surface area (Å²) in [6, 6.07) is 1.84. The van der Waals surface area contributed by atoms with E-state index >= 15 is 0 Å². The van der Waals surface area contributed by atoms with Gasteiger partial charge in [0.2, 0.25) is 0 Å². The van der Waals surface area contributed by atoms with Crippen LogP contribution in [0.15, 0.2) is 22.5 Å². The molecule has 0 aliphatic heterocycles. The van der Waals surface area contributed by atoms with E-state index in [-0.39, 0.29) is 5.97 Å². The van der Waals surface area contributed by atoms with E-state index in [1.165, 1.54) is 0 Å². The SMILES string of the molecule is [N-]=[N+]=NCCCCCCc1c[nH]c(C(=O)OCCCCCN=[N+]=[N-])c1. The van der Waals surface area contributed by atoms with E-state index in [2.05, 4.69) is 25.0 Å². The van der Waals surface area contributed by atoms with Gasteiger partial charge < -0.3 is 9.72 Å². The number of aryl methyl sites for hydroxylation is 1. The molecule has 136 valence electrons. The monoisotopic (exact) mass is 347 g/mol. The second kappa shape index (κ2) is 13.8. The molecule has 0 aromatic carbocycles. The summed E-state index contributed by atoms with van der Waals surface area (Å²) in [5.74, 6) is -0.337. The van der Waals surface area contributed by atoms with Gasteiger partial charge in [-0.3, -0.25) is 0 Å². The molecule has 1 aromatic heterocycles. The third kappa shape index (κ3) is 9.96. The van der Waals surface area contributed by atoms with Crippen LogP contribution < -0.4 is 0 Å². The third-order valence-corrected chi connectivity index (χ3v) is 3.70. The van der Waals surface area contributed by atoms with Crippen molar-refractivity contribution >= 4 is 5.97 Å². The molecule has 0 amide bonds. The zero-order chi connectivity index (χ0) is 18.2. The molecule has 0 unspecified atom stereocenters. The van der Waals surface area contributed by atoms with Crippen molar-refractivity contribution in [3.8, 4) is 0 Å². The van der Waals surface area contributed by atoms with Gasteiger partial charge >= 0.3 is 5.97 Å². The maximum absolute atomic E-state index is 11.9. The number of hydrogen-bond acceptors (Lipinski definition) is 4. The first-order chi connectivity index (χ1) is 12.3. The smallest absolute Gasteiger partial charge is 0.354 e. The van der Waals surface area contributed by atoms with Crippen LogP contribution in [0.3, 0.4) is 0 Å². The van der Waals surface area contributed by atoms with Crippen LogP contribution in [0.4, 0.5) is 0 Å². The minimum absolute atomic E-state index is 0.337. The van der Waals surface area contributed by atoms with Crippen LogP contribution in [0.25, 0.3) is 20.9 Å². The minimum atomic E-state index is -0.337. The second-order valence-corrected chi connectivity index (χ2v) is 5.69. The van der Waals surface area contributed by atoms with Crippen LogP contribution in [-0.4, -0.2) is 30.6 Å². The molecule has 0 radical (unpaired) electrons. The zero-order valence-electron chi connectivity index (χ0n) is 14.4. The number of azide groups is 2. The molecule has 0 saturated heterocycles. The molecule has 0 fully saturated rings. The topological polar surface area (TPSA) is 140 Å². The average molecular weight is 347 g/mol. The highest BCUT2D eigenvalue weighted by Crippen LogP contribution is 2.11. The Kier molecular flexibility index (Phi) is 11.2. The summed E-state index contributed by atoms with van der Waals surface area (Å²) in [4.78, 5) is 20.3. The number of hydrogen-bond donors (Lipinski definition) is 1. The Morgan fingerprint density at radius 1 is 1.00 bits per heavy atom. The Balaban J connectivity index is 2.13. The van der Waals surface area contributed by atoms with Crippen LogP contribution in [0.5, 0.6) is 0 Å². The molecule has 25 heavy (non-hydrogen) atoms. The van der Waals surface area contributed by atoms with Crippen molar-refractivity contribution in [2.45, 2.75) is 51.4 Å². The van der Waals surface area contributed by atoms with E-state index < -0.39 is 0 Å². The van der Waals surface area contributed by atoms with E-state index in [0.29, 0.717) is 25.4 Å². The highest BCUT2D eigenvalue weighted by Gasteiger charge is 2.09. The lowest BCUT2D eigenvalue weighted by Gasteiger charge is -2.02. The first-order valence-corrected chi connectivity index (χ1v) is 8.64. The summed E-state index contributed by atoms with van der Waals surface area (Å²) in [7, 11) is 0. The number of nitrogens with zero attached hydrogens (tertiary/aromatic N) is 6. The predicted molar refractivity (Wildman–Crippen MR) is 95.1 cm³/mol. The van der Waals surface area contributed by atoms with Gasteiger partial charge in [-0.2, -0.15) is 0 Å². The van der Waals surface area contributed by atoms with Crippen molar-refractivity contribution in [2.24, 2.45) is 10.2 Å². The number of carbonyl (C=O) groups is 1. The van der Waals surface area contributed by atoms with Crippen molar-refractivity contribution in [1.82, 2.24) is 4.98 Å². The molecule has 0 aliphatic rings. The predicted octanol–water partition coefficient (Wildman–Crippen LogP) is 5.07. The van der Waals surface area contributed by atoms with Crippen LogP contribution in [0, 0.1) is 0 Å². The fraction of sp³-hybridized carbons (Fsp3) is 0.688. The average Bonchev–Trinajstić information content (AvgIpc) is 3.09. The number of ether oxygens (including phenoxy) is 1. The van der Waals surface area contributed by atoms with Crippen molar-refractivity contribution in [3.63, 3.8) is 0 Å². The van der Waals surface area contributed by atoms with Crippen LogP contribution in [-0.2, 0) is 11.2 Å². The number of H-pyrrole nitrogens is 1. The molecule has 9 nitrogen and oxygen atoms in total. The molecule has 0 aliphatic carbocycles. The van der Waals surface area contributed by atoms with Crippen LogP contribution >= 0.6 is 0 Å². The fourth-order valence-electron chi connectivity index (χ4n) is 2.36. The van der Waals surface area contributed by atoms with Gasteiger partial charge in [-0.05, 0) is 61.2 Å². The van der Waals surface area contributed by atoms with E-state index in [1.54, 1.807) is 0 Å². The normalized spacial score (nSPS) is 9.92.